The zero-order chi connectivity index (χ0) is 56.6. The molecule has 0 aromatic rings. The van der Waals surface area contributed by atoms with Crippen LogP contribution in [0.1, 0.15) is 259 Å². The molecule has 17 nitrogen and oxygen atoms in total. The van der Waals surface area contributed by atoms with E-state index in [-0.39, 0.29) is 12.8 Å². The van der Waals surface area contributed by atoms with Gasteiger partial charge in [-0.15, -0.1) is 0 Å². The Morgan fingerprint density at radius 3 is 1.36 bits per heavy atom. The van der Waals surface area contributed by atoms with Crippen LogP contribution in [0.5, 0.6) is 0 Å². The number of hydrogen-bond donors (Lipinski definition) is 11. The van der Waals surface area contributed by atoms with Gasteiger partial charge in [-0.2, -0.15) is 0 Å². The van der Waals surface area contributed by atoms with Gasteiger partial charge in [0.05, 0.1) is 32.0 Å². The Bertz CT molecular complexity index is 1420. The highest BCUT2D eigenvalue weighted by Crippen LogP contribution is 2.30. The van der Waals surface area contributed by atoms with Gasteiger partial charge in [-0.25, -0.2) is 0 Å². The number of carbonyl (C=O) groups excluding carboxylic acids is 2. The Kier molecular flexibility index (Phi) is 41.8. The fourth-order valence-corrected chi connectivity index (χ4v) is 10.8. The third-order valence-corrected chi connectivity index (χ3v) is 16.2. The van der Waals surface area contributed by atoms with Crippen LogP contribution < -0.4 is 10.6 Å². The molecule has 0 aromatic heterocycles. The maximum atomic E-state index is 13.4. The molecule has 0 aliphatic carbocycles. The van der Waals surface area contributed by atoms with Crippen LogP contribution in [0.15, 0.2) is 0 Å². The molecule has 77 heavy (non-hydrogen) atoms. The molecule has 2 fully saturated rings. The van der Waals surface area contributed by atoms with Crippen molar-refractivity contribution >= 4 is 11.8 Å². The molecule has 0 aromatic carbocycles. The minimum absolute atomic E-state index is 0.203. The summed E-state index contributed by atoms with van der Waals surface area (Å²) in [5.41, 5.74) is 0. The van der Waals surface area contributed by atoms with E-state index in [1.807, 2.05) is 0 Å². The van der Waals surface area contributed by atoms with Gasteiger partial charge in [0.1, 0.15) is 61.0 Å². The summed E-state index contributed by atoms with van der Waals surface area (Å²) < 4.78 is 23.2. The van der Waals surface area contributed by atoms with Crippen molar-refractivity contribution in [1.82, 2.24) is 10.6 Å². The first kappa shape index (κ1) is 71.5. The van der Waals surface area contributed by atoms with Crippen LogP contribution in [0.4, 0.5) is 0 Å². The molecule has 2 aliphatic heterocycles. The van der Waals surface area contributed by atoms with Crippen LogP contribution in [-0.2, 0) is 28.5 Å². The summed E-state index contributed by atoms with van der Waals surface area (Å²) in [5, 5.41) is 103. The average Bonchev–Trinajstić information content (AvgIpc) is 3.42. The minimum atomic E-state index is -1.86. The van der Waals surface area contributed by atoms with Crippen LogP contribution >= 0.6 is 0 Å². The van der Waals surface area contributed by atoms with Crippen molar-refractivity contribution in [3.63, 3.8) is 0 Å². The van der Waals surface area contributed by atoms with Gasteiger partial charge in [0, 0.05) is 6.92 Å². The zero-order valence-electron chi connectivity index (χ0n) is 48.7. The number of carbonyl (C=O) groups is 2. The van der Waals surface area contributed by atoms with Crippen LogP contribution in [0, 0.1) is 5.92 Å². The van der Waals surface area contributed by atoms with Crippen LogP contribution in [0.25, 0.3) is 0 Å². The van der Waals surface area contributed by atoms with E-state index in [2.05, 4.69) is 31.4 Å². The fourth-order valence-electron chi connectivity index (χ4n) is 10.8. The molecular formula is C60H116N2O15. The number of nitrogens with one attached hydrogen (secondary N) is 2. The lowest BCUT2D eigenvalue weighted by atomic mass is 9.95. The standard InChI is InChI=1S/C60H116N2O15/c1-5-7-8-9-10-11-12-13-14-15-16-17-18-19-20-21-24-28-31-34-37-40-48(67)58(73)62-46(52(68)47(66)39-36-33-30-27-25-22-23-26-29-32-35-38-44(3)6-2)43-74-60-56(72)55(71)57(50(42-64)76-60)77-59-51(61-45(4)65)54(70)53(69)49(41-63)75-59/h44,46-57,59-60,63-64,66-72H,5-43H2,1-4H3,(H,61,65)(H,62,73)/t44?,46-,47+,48+,49+,50+,51+,52-,53+,54+,55+,56+,57-,59+,60-/m0/s1. The lowest BCUT2D eigenvalue weighted by Gasteiger charge is -2.47. The van der Waals surface area contributed by atoms with Gasteiger partial charge in [-0.3, -0.25) is 9.59 Å². The highest BCUT2D eigenvalue weighted by molar-refractivity contribution is 5.80. The highest BCUT2D eigenvalue weighted by atomic mass is 16.7. The van der Waals surface area contributed by atoms with Gasteiger partial charge in [0.15, 0.2) is 12.6 Å². The highest BCUT2D eigenvalue weighted by Gasteiger charge is 2.51. The predicted molar refractivity (Wildman–Crippen MR) is 301 cm³/mol. The molecule has 0 saturated carbocycles. The molecule has 15 atom stereocenters. The number of aliphatic hydroxyl groups excluding tert-OH is 9. The number of unbranched alkanes of at least 4 members (excludes halogenated alkanes) is 30. The van der Waals surface area contributed by atoms with Crippen molar-refractivity contribution in [2.45, 2.75) is 345 Å². The summed E-state index contributed by atoms with van der Waals surface area (Å²) in [4.78, 5) is 25.4. The maximum Gasteiger partial charge on any atom is 0.249 e. The summed E-state index contributed by atoms with van der Waals surface area (Å²) in [5.74, 6) is -0.559. The zero-order valence-corrected chi connectivity index (χ0v) is 48.7. The fraction of sp³-hybridized carbons (Fsp3) is 0.967. The summed E-state index contributed by atoms with van der Waals surface area (Å²) in [6.45, 7) is 5.95. The Morgan fingerprint density at radius 2 is 0.935 bits per heavy atom. The first-order valence-electron chi connectivity index (χ1n) is 31.3. The quantitative estimate of drug-likeness (QED) is 0.0257. The van der Waals surface area contributed by atoms with E-state index in [9.17, 15) is 55.5 Å². The molecule has 2 amide bonds. The van der Waals surface area contributed by atoms with E-state index >= 15 is 0 Å². The van der Waals surface area contributed by atoms with Crippen molar-refractivity contribution in [3.8, 4) is 0 Å². The molecule has 17 heteroatoms. The maximum absolute atomic E-state index is 13.4. The largest absolute Gasteiger partial charge is 0.394 e. The molecule has 0 bridgehead atoms. The SMILES string of the molecule is CCCCCCCCCCCCCCCCCCCCCCC[C@@H](O)C(=O)N[C@@H](CO[C@H]1O[C@H](CO)[C@H](O[C@H]2O[C@H](CO)[C@@H](O)[C@H](O)[C@H]2NC(C)=O)[C@H](O)[C@H]1O)[C@H](O)[C@H](O)CCCCCCCCCCCCCC(C)CC. The summed E-state index contributed by atoms with van der Waals surface area (Å²) in [6, 6.07) is -2.67. The third kappa shape index (κ3) is 30.9. The van der Waals surface area contributed by atoms with Gasteiger partial charge in [-0.05, 0) is 18.8 Å². The number of aliphatic hydroxyl groups is 9. The van der Waals surface area contributed by atoms with Crippen molar-refractivity contribution in [2.75, 3.05) is 19.8 Å². The predicted octanol–water partition coefficient (Wildman–Crippen LogP) is 8.06. The normalized spacial score (nSPS) is 25.8. The second kappa shape index (κ2) is 45.0. The van der Waals surface area contributed by atoms with Crippen LogP contribution in [0.2, 0.25) is 0 Å². The topological polar surface area (TPSA) is 277 Å². The molecule has 2 rings (SSSR count). The second-order valence-corrected chi connectivity index (χ2v) is 23.1. The smallest absolute Gasteiger partial charge is 0.249 e. The Hall–Kier alpha value is -1.58. The monoisotopic (exact) mass is 1100 g/mol. The van der Waals surface area contributed by atoms with Gasteiger partial charge >= 0.3 is 0 Å². The molecule has 0 spiro atoms. The van der Waals surface area contributed by atoms with Gasteiger partial charge in [-0.1, -0.05) is 239 Å². The van der Waals surface area contributed by atoms with Gasteiger partial charge in [0.25, 0.3) is 0 Å². The first-order valence-corrected chi connectivity index (χ1v) is 31.3. The lowest BCUT2D eigenvalue weighted by molar-refractivity contribution is -0.347. The van der Waals surface area contributed by atoms with E-state index in [1.54, 1.807) is 0 Å². The Labute approximate surface area is 465 Å². The first-order chi connectivity index (χ1) is 37.2. The van der Waals surface area contributed by atoms with Crippen molar-refractivity contribution in [3.05, 3.63) is 0 Å². The third-order valence-electron chi connectivity index (χ3n) is 16.2. The van der Waals surface area contributed by atoms with Crippen LogP contribution in [0.3, 0.4) is 0 Å². The molecule has 2 heterocycles. The number of hydrogen-bond acceptors (Lipinski definition) is 15. The molecule has 0 radical (unpaired) electrons. The number of amides is 2. The summed E-state index contributed by atoms with van der Waals surface area (Å²) >= 11 is 0. The Balaban J connectivity index is 1.87. The van der Waals surface area contributed by atoms with Crippen molar-refractivity contribution in [2.24, 2.45) is 5.92 Å². The van der Waals surface area contributed by atoms with Crippen molar-refractivity contribution < 1.29 is 74.5 Å². The van der Waals surface area contributed by atoms with Gasteiger partial charge in [0.2, 0.25) is 11.8 Å². The summed E-state index contributed by atoms with van der Waals surface area (Å²) in [7, 11) is 0. The molecule has 2 aliphatic rings. The Morgan fingerprint density at radius 1 is 0.519 bits per heavy atom. The molecule has 2 saturated heterocycles. The minimum Gasteiger partial charge on any atom is -0.394 e. The average molecular weight is 1110 g/mol. The van der Waals surface area contributed by atoms with Crippen LogP contribution in [-0.4, -0.2) is 163 Å². The van der Waals surface area contributed by atoms with E-state index in [4.69, 9.17) is 18.9 Å². The second-order valence-electron chi connectivity index (χ2n) is 23.1. The molecular weight excluding hydrogens is 989 g/mol. The molecule has 456 valence electrons. The van der Waals surface area contributed by atoms with E-state index in [1.165, 1.54) is 161 Å². The molecule has 11 N–H and O–H groups in total. The number of ether oxygens (including phenoxy) is 4. The number of rotatable bonds is 49. The van der Waals surface area contributed by atoms with Gasteiger partial charge < -0.3 is 75.5 Å². The van der Waals surface area contributed by atoms with E-state index in [0.717, 1.165) is 57.8 Å². The van der Waals surface area contributed by atoms with Crippen molar-refractivity contribution in [1.29, 1.82) is 0 Å². The van der Waals surface area contributed by atoms with E-state index in [0.29, 0.717) is 12.8 Å². The lowest BCUT2D eigenvalue weighted by Crippen LogP contribution is -2.67. The van der Waals surface area contributed by atoms with E-state index < -0.39 is 117 Å². The summed E-state index contributed by atoms with van der Waals surface area (Å²) in [6.07, 6.45) is 23.0. The molecule has 1 unspecified atom stereocenters.